The van der Waals surface area contributed by atoms with Gasteiger partial charge in [-0.1, -0.05) is 6.07 Å². The Bertz CT molecular complexity index is 574. The van der Waals surface area contributed by atoms with Crippen molar-refractivity contribution in [3.63, 3.8) is 0 Å². The number of nitrogens with one attached hydrogen (secondary N) is 1. The standard InChI is InChI=1S/C14H20FNO3S/c1-10(11-5-6-14(19-2)13(15)8-11)16-9-12-4-3-7-20(12,17)18/h5-6,8,10,12,16H,3-4,7,9H2,1-2H3. The van der Waals surface area contributed by atoms with E-state index in [4.69, 9.17) is 4.74 Å². The summed E-state index contributed by atoms with van der Waals surface area (Å²) in [6.07, 6.45) is 1.44. The predicted octanol–water partition coefficient (Wildman–Crippen LogP) is 2.06. The molecule has 4 nitrogen and oxygen atoms in total. The summed E-state index contributed by atoms with van der Waals surface area (Å²) < 4.78 is 42.0. The monoisotopic (exact) mass is 301 g/mol. The maximum Gasteiger partial charge on any atom is 0.165 e. The van der Waals surface area contributed by atoms with Crippen LogP contribution in [0.1, 0.15) is 31.4 Å². The average molecular weight is 301 g/mol. The van der Waals surface area contributed by atoms with Crippen molar-refractivity contribution in [2.45, 2.75) is 31.1 Å². The van der Waals surface area contributed by atoms with Gasteiger partial charge in [0.25, 0.3) is 0 Å². The van der Waals surface area contributed by atoms with Crippen LogP contribution in [0.2, 0.25) is 0 Å². The molecule has 1 fully saturated rings. The van der Waals surface area contributed by atoms with Crippen molar-refractivity contribution in [2.24, 2.45) is 0 Å². The zero-order valence-electron chi connectivity index (χ0n) is 11.7. The number of halogens is 1. The van der Waals surface area contributed by atoms with E-state index >= 15 is 0 Å². The van der Waals surface area contributed by atoms with Crippen LogP contribution in [0.25, 0.3) is 0 Å². The van der Waals surface area contributed by atoms with Gasteiger partial charge in [0.05, 0.1) is 18.1 Å². The number of benzene rings is 1. The Kier molecular flexibility index (Phi) is 4.65. The number of sulfone groups is 1. The van der Waals surface area contributed by atoms with Gasteiger partial charge >= 0.3 is 0 Å². The van der Waals surface area contributed by atoms with Crippen molar-refractivity contribution in [3.05, 3.63) is 29.6 Å². The summed E-state index contributed by atoms with van der Waals surface area (Å²) >= 11 is 0. The molecule has 20 heavy (non-hydrogen) atoms. The Hall–Kier alpha value is -1.14. The topological polar surface area (TPSA) is 55.4 Å². The van der Waals surface area contributed by atoms with Crippen LogP contribution in [0, 0.1) is 5.82 Å². The van der Waals surface area contributed by atoms with Crippen LogP contribution in [-0.2, 0) is 9.84 Å². The van der Waals surface area contributed by atoms with E-state index in [1.54, 1.807) is 12.1 Å². The van der Waals surface area contributed by atoms with E-state index in [0.717, 1.165) is 12.0 Å². The predicted molar refractivity (Wildman–Crippen MR) is 76.2 cm³/mol. The van der Waals surface area contributed by atoms with Crippen LogP contribution >= 0.6 is 0 Å². The number of hydrogen-bond acceptors (Lipinski definition) is 4. The van der Waals surface area contributed by atoms with Crippen molar-refractivity contribution in [2.75, 3.05) is 19.4 Å². The molecule has 0 saturated carbocycles. The van der Waals surface area contributed by atoms with Crippen molar-refractivity contribution in [3.8, 4) is 5.75 Å². The maximum atomic E-state index is 13.6. The van der Waals surface area contributed by atoms with Gasteiger partial charge in [0.1, 0.15) is 0 Å². The van der Waals surface area contributed by atoms with Gasteiger partial charge in [-0.2, -0.15) is 0 Å². The van der Waals surface area contributed by atoms with Crippen LogP contribution in [0.15, 0.2) is 18.2 Å². The number of hydrogen-bond donors (Lipinski definition) is 1. The molecule has 1 aliphatic heterocycles. The third kappa shape index (κ3) is 3.30. The highest BCUT2D eigenvalue weighted by Gasteiger charge is 2.31. The first kappa shape index (κ1) is 15.3. The molecule has 1 N–H and O–H groups in total. The first-order chi connectivity index (χ1) is 9.44. The zero-order chi connectivity index (χ0) is 14.8. The van der Waals surface area contributed by atoms with Gasteiger partial charge in [-0.3, -0.25) is 0 Å². The Balaban J connectivity index is 1.98. The molecule has 2 unspecified atom stereocenters. The maximum absolute atomic E-state index is 13.6. The Morgan fingerprint density at radius 2 is 2.25 bits per heavy atom. The fourth-order valence-corrected chi connectivity index (χ4v) is 4.24. The molecule has 0 amide bonds. The highest BCUT2D eigenvalue weighted by atomic mass is 32.2. The Morgan fingerprint density at radius 3 is 2.80 bits per heavy atom. The lowest BCUT2D eigenvalue weighted by atomic mass is 10.1. The van der Waals surface area contributed by atoms with E-state index in [0.29, 0.717) is 13.0 Å². The van der Waals surface area contributed by atoms with E-state index in [1.807, 2.05) is 6.92 Å². The minimum atomic E-state index is -2.94. The summed E-state index contributed by atoms with van der Waals surface area (Å²) in [5.74, 6) is 0.0803. The molecule has 1 aromatic carbocycles. The minimum Gasteiger partial charge on any atom is -0.494 e. The van der Waals surface area contributed by atoms with Crippen molar-refractivity contribution < 1.29 is 17.5 Å². The van der Waals surface area contributed by atoms with Crippen LogP contribution in [0.4, 0.5) is 4.39 Å². The molecule has 2 atom stereocenters. The lowest BCUT2D eigenvalue weighted by Crippen LogP contribution is -2.32. The van der Waals surface area contributed by atoms with Gasteiger partial charge in [-0.25, -0.2) is 12.8 Å². The quantitative estimate of drug-likeness (QED) is 0.904. The number of methoxy groups -OCH3 is 1. The largest absolute Gasteiger partial charge is 0.494 e. The average Bonchev–Trinajstić information content (AvgIpc) is 2.74. The van der Waals surface area contributed by atoms with Gasteiger partial charge in [-0.05, 0) is 37.5 Å². The van der Waals surface area contributed by atoms with Crippen LogP contribution in [0.3, 0.4) is 0 Å². The lowest BCUT2D eigenvalue weighted by Gasteiger charge is -2.17. The highest BCUT2D eigenvalue weighted by molar-refractivity contribution is 7.92. The molecular formula is C14H20FNO3S. The number of ether oxygens (including phenoxy) is 1. The van der Waals surface area contributed by atoms with E-state index < -0.39 is 15.7 Å². The van der Waals surface area contributed by atoms with Crippen molar-refractivity contribution >= 4 is 9.84 Å². The second-order valence-corrected chi connectivity index (χ2v) is 7.56. The van der Waals surface area contributed by atoms with E-state index in [2.05, 4.69) is 5.32 Å². The van der Waals surface area contributed by atoms with Crippen LogP contribution < -0.4 is 10.1 Å². The molecule has 1 aliphatic rings. The molecule has 1 saturated heterocycles. The molecule has 0 radical (unpaired) electrons. The second kappa shape index (κ2) is 6.10. The smallest absolute Gasteiger partial charge is 0.165 e. The summed E-state index contributed by atoms with van der Waals surface area (Å²) in [5, 5.41) is 2.86. The van der Waals surface area contributed by atoms with Crippen molar-refractivity contribution in [1.29, 1.82) is 0 Å². The number of rotatable bonds is 5. The Labute approximate surface area is 119 Å². The SMILES string of the molecule is COc1ccc(C(C)NCC2CCCS2(=O)=O)cc1F. The van der Waals surface area contributed by atoms with E-state index in [-0.39, 0.29) is 22.8 Å². The summed E-state index contributed by atoms with van der Waals surface area (Å²) in [7, 11) is -1.52. The third-order valence-corrected chi connectivity index (χ3v) is 6.07. The second-order valence-electron chi connectivity index (χ2n) is 5.16. The fraction of sp³-hybridized carbons (Fsp3) is 0.571. The highest BCUT2D eigenvalue weighted by Crippen LogP contribution is 2.23. The van der Waals surface area contributed by atoms with E-state index in [1.165, 1.54) is 13.2 Å². The van der Waals surface area contributed by atoms with E-state index in [9.17, 15) is 12.8 Å². The molecule has 2 rings (SSSR count). The van der Waals surface area contributed by atoms with Crippen LogP contribution in [-0.4, -0.2) is 33.1 Å². The first-order valence-corrected chi connectivity index (χ1v) is 8.44. The molecule has 1 aromatic rings. The molecule has 0 aromatic heterocycles. The fourth-order valence-electron chi connectivity index (χ4n) is 2.47. The molecule has 1 heterocycles. The summed E-state index contributed by atoms with van der Waals surface area (Å²) in [5.41, 5.74) is 0.777. The van der Waals surface area contributed by atoms with Gasteiger partial charge in [-0.15, -0.1) is 0 Å². The molecule has 6 heteroatoms. The van der Waals surface area contributed by atoms with Gasteiger partial charge in [0.2, 0.25) is 0 Å². The van der Waals surface area contributed by atoms with Crippen molar-refractivity contribution in [1.82, 2.24) is 5.32 Å². The van der Waals surface area contributed by atoms with Gasteiger partial charge < -0.3 is 10.1 Å². The molecule has 112 valence electrons. The molecular weight excluding hydrogens is 281 g/mol. The normalized spacial score (nSPS) is 22.6. The molecule has 0 spiro atoms. The summed E-state index contributed by atoms with van der Waals surface area (Å²) in [4.78, 5) is 0. The lowest BCUT2D eigenvalue weighted by molar-refractivity contribution is 0.385. The molecule has 0 aliphatic carbocycles. The Morgan fingerprint density at radius 1 is 1.50 bits per heavy atom. The molecule has 0 bridgehead atoms. The summed E-state index contributed by atoms with van der Waals surface area (Å²) in [6.45, 7) is 2.31. The minimum absolute atomic E-state index is 0.105. The van der Waals surface area contributed by atoms with Gasteiger partial charge in [0, 0.05) is 12.6 Å². The zero-order valence-corrected chi connectivity index (χ0v) is 12.5. The third-order valence-electron chi connectivity index (χ3n) is 3.79. The summed E-state index contributed by atoms with van der Waals surface area (Å²) in [6, 6.07) is 4.67. The van der Waals surface area contributed by atoms with Crippen LogP contribution in [0.5, 0.6) is 5.75 Å². The first-order valence-electron chi connectivity index (χ1n) is 6.72. The van der Waals surface area contributed by atoms with Gasteiger partial charge in [0.15, 0.2) is 21.4 Å².